The second-order valence-electron chi connectivity index (χ2n) is 5.73. The molecule has 2 aromatic rings. The van der Waals surface area contributed by atoms with Crippen molar-refractivity contribution in [2.45, 2.75) is 39.1 Å². The van der Waals surface area contributed by atoms with Crippen LogP contribution in [0.15, 0.2) is 21.7 Å². The zero-order valence-corrected chi connectivity index (χ0v) is 15.0. The molecule has 0 radical (unpaired) electrons. The van der Waals surface area contributed by atoms with Crippen LogP contribution in [0.25, 0.3) is 11.0 Å². The highest BCUT2D eigenvalue weighted by Crippen LogP contribution is 2.55. The van der Waals surface area contributed by atoms with E-state index in [1.54, 1.807) is 13.8 Å². The van der Waals surface area contributed by atoms with Crippen molar-refractivity contribution in [1.29, 1.82) is 0 Å². The van der Waals surface area contributed by atoms with Crippen molar-refractivity contribution in [3.8, 4) is 0 Å². The highest BCUT2D eigenvalue weighted by atomic mass is 31.2. The Hall–Kier alpha value is -2.36. The summed E-state index contributed by atoms with van der Waals surface area (Å²) in [4.78, 5) is 46.2. The second-order valence-corrected chi connectivity index (χ2v) is 7.81. The van der Waals surface area contributed by atoms with Crippen molar-refractivity contribution in [1.82, 2.24) is 9.55 Å². The van der Waals surface area contributed by atoms with E-state index in [2.05, 4.69) is 4.98 Å². The van der Waals surface area contributed by atoms with Crippen LogP contribution >= 0.6 is 7.60 Å². The SMILES string of the molecule is CCC(C)OP(=O)(O)C(C)n1c(=O)c(=O)[nH]c2cc([N+](=O)[O-])c(F)cc21. The molecule has 2 N–H and O–H groups in total. The summed E-state index contributed by atoms with van der Waals surface area (Å²) < 4.78 is 32.2. The summed E-state index contributed by atoms with van der Waals surface area (Å²) in [5.41, 5.74) is -3.78. The fraction of sp³-hybridized carbons (Fsp3) is 0.429. The third kappa shape index (κ3) is 3.59. The minimum atomic E-state index is -4.42. The number of halogens is 1. The Kier molecular flexibility index (Phi) is 5.45. The molecule has 0 aliphatic carbocycles. The largest absolute Gasteiger partial charge is 0.350 e. The maximum Gasteiger partial charge on any atom is 0.350 e. The third-order valence-electron chi connectivity index (χ3n) is 3.93. The van der Waals surface area contributed by atoms with Crippen molar-refractivity contribution in [2.75, 3.05) is 0 Å². The van der Waals surface area contributed by atoms with E-state index >= 15 is 0 Å². The summed E-state index contributed by atoms with van der Waals surface area (Å²) in [6, 6.07) is 1.40. The molecule has 1 aromatic heterocycles. The van der Waals surface area contributed by atoms with Gasteiger partial charge in [-0.25, -0.2) is 0 Å². The number of fused-ring (bicyclic) bond motifs is 1. The Morgan fingerprint density at radius 1 is 1.42 bits per heavy atom. The first kappa shape index (κ1) is 20.0. The summed E-state index contributed by atoms with van der Waals surface area (Å²) in [6.07, 6.45) is -0.182. The van der Waals surface area contributed by atoms with Gasteiger partial charge in [0.1, 0.15) is 5.78 Å². The highest BCUT2D eigenvalue weighted by molar-refractivity contribution is 7.52. The van der Waals surface area contributed by atoms with Gasteiger partial charge in [-0.3, -0.25) is 28.8 Å². The number of nitro groups is 1. The van der Waals surface area contributed by atoms with E-state index < -0.39 is 47.0 Å². The van der Waals surface area contributed by atoms with E-state index in [0.29, 0.717) is 17.1 Å². The molecule has 0 bridgehead atoms. The second kappa shape index (κ2) is 7.10. The molecular formula is C14H17FN3O7P. The average molecular weight is 389 g/mol. The van der Waals surface area contributed by atoms with Gasteiger partial charge in [-0.2, -0.15) is 4.39 Å². The predicted octanol–water partition coefficient (Wildman–Crippen LogP) is 2.26. The van der Waals surface area contributed by atoms with Gasteiger partial charge in [-0.05, 0) is 20.3 Å². The predicted molar refractivity (Wildman–Crippen MR) is 90.8 cm³/mol. The molecule has 26 heavy (non-hydrogen) atoms. The Morgan fingerprint density at radius 2 is 2.04 bits per heavy atom. The van der Waals surface area contributed by atoms with Crippen LogP contribution < -0.4 is 11.1 Å². The van der Waals surface area contributed by atoms with E-state index in [9.17, 15) is 33.6 Å². The van der Waals surface area contributed by atoms with Gasteiger partial charge in [0.25, 0.3) is 0 Å². The van der Waals surface area contributed by atoms with Crippen LogP contribution in [0.1, 0.15) is 33.0 Å². The maximum atomic E-state index is 14.0. The van der Waals surface area contributed by atoms with Crippen molar-refractivity contribution in [3.63, 3.8) is 0 Å². The number of nitrogens with zero attached hydrogens (tertiary/aromatic N) is 2. The number of hydrogen-bond donors (Lipinski definition) is 2. The van der Waals surface area contributed by atoms with Crippen LogP contribution in [0.4, 0.5) is 10.1 Å². The van der Waals surface area contributed by atoms with Gasteiger partial charge in [0.05, 0.1) is 22.1 Å². The smallest absolute Gasteiger partial charge is 0.323 e. The van der Waals surface area contributed by atoms with E-state index in [4.69, 9.17) is 4.52 Å². The molecule has 0 aliphatic rings. The molecule has 3 atom stereocenters. The normalized spacial score (nSPS) is 16.2. The maximum absolute atomic E-state index is 14.0. The van der Waals surface area contributed by atoms with E-state index in [1.165, 1.54) is 6.92 Å². The van der Waals surface area contributed by atoms with Gasteiger partial charge in [0.15, 0.2) is 0 Å². The van der Waals surface area contributed by atoms with Crippen LogP contribution in [-0.2, 0) is 9.09 Å². The molecule has 0 spiro atoms. The topological polar surface area (TPSA) is 145 Å². The molecule has 3 unspecified atom stereocenters. The minimum absolute atomic E-state index is 0.224. The van der Waals surface area contributed by atoms with Crippen LogP contribution in [0.2, 0.25) is 0 Å². The monoisotopic (exact) mass is 389 g/mol. The first-order chi connectivity index (χ1) is 12.0. The Labute approximate surface area is 145 Å². The number of benzene rings is 1. The minimum Gasteiger partial charge on any atom is -0.323 e. The summed E-state index contributed by atoms with van der Waals surface area (Å²) in [5, 5.41) is 10.9. The first-order valence-corrected chi connectivity index (χ1v) is 9.27. The third-order valence-corrected chi connectivity index (χ3v) is 5.77. The van der Waals surface area contributed by atoms with Crippen LogP contribution in [0.5, 0.6) is 0 Å². The lowest BCUT2D eigenvalue weighted by Gasteiger charge is -2.24. The number of aromatic nitrogens is 2. The van der Waals surface area contributed by atoms with Crippen molar-refractivity contribution in [3.05, 3.63) is 48.8 Å². The van der Waals surface area contributed by atoms with Gasteiger partial charge in [0.2, 0.25) is 5.82 Å². The molecule has 2 rings (SSSR count). The zero-order valence-electron chi connectivity index (χ0n) is 14.1. The fourth-order valence-corrected chi connectivity index (χ4v) is 3.68. The van der Waals surface area contributed by atoms with Crippen LogP contribution in [0, 0.1) is 15.9 Å². The Morgan fingerprint density at radius 3 is 2.58 bits per heavy atom. The van der Waals surface area contributed by atoms with Gasteiger partial charge >= 0.3 is 24.4 Å². The lowest BCUT2D eigenvalue weighted by Crippen LogP contribution is -2.38. The quantitative estimate of drug-likeness (QED) is 0.334. The molecule has 0 aliphatic heterocycles. The lowest BCUT2D eigenvalue weighted by atomic mass is 10.2. The summed E-state index contributed by atoms with van der Waals surface area (Å²) >= 11 is 0. The number of hydrogen-bond acceptors (Lipinski definition) is 6. The van der Waals surface area contributed by atoms with Gasteiger partial charge < -0.3 is 14.4 Å². The van der Waals surface area contributed by atoms with E-state index in [0.717, 1.165) is 6.07 Å². The first-order valence-electron chi connectivity index (χ1n) is 7.63. The summed E-state index contributed by atoms with van der Waals surface area (Å²) in [5.74, 6) is -2.78. The molecule has 10 nitrogen and oxygen atoms in total. The molecule has 12 heteroatoms. The molecule has 0 amide bonds. The van der Waals surface area contributed by atoms with Crippen molar-refractivity contribution < 1.29 is 23.3 Å². The molecule has 142 valence electrons. The number of aromatic amines is 1. The van der Waals surface area contributed by atoms with E-state index in [1.807, 2.05) is 0 Å². The summed E-state index contributed by atoms with van der Waals surface area (Å²) in [7, 11) is -4.42. The van der Waals surface area contributed by atoms with Crippen LogP contribution in [-0.4, -0.2) is 25.5 Å². The molecule has 0 fully saturated rings. The molecular weight excluding hydrogens is 372 g/mol. The number of H-pyrrole nitrogens is 1. The molecule has 1 heterocycles. The number of rotatable bonds is 6. The Balaban J connectivity index is 2.77. The van der Waals surface area contributed by atoms with Gasteiger partial charge in [0, 0.05) is 12.1 Å². The van der Waals surface area contributed by atoms with Crippen LogP contribution in [0.3, 0.4) is 0 Å². The number of nitrogens with one attached hydrogen (secondary N) is 1. The average Bonchev–Trinajstić information content (AvgIpc) is 2.55. The molecule has 0 saturated carbocycles. The van der Waals surface area contributed by atoms with Gasteiger partial charge in [-0.15, -0.1) is 0 Å². The molecule has 0 saturated heterocycles. The fourth-order valence-electron chi connectivity index (χ4n) is 2.32. The zero-order chi connectivity index (χ0) is 19.8. The number of nitro benzene ring substituents is 1. The van der Waals surface area contributed by atoms with Crippen molar-refractivity contribution in [2.24, 2.45) is 0 Å². The Bertz CT molecular complexity index is 1030. The highest BCUT2D eigenvalue weighted by Gasteiger charge is 2.34. The summed E-state index contributed by atoms with van der Waals surface area (Å²) in [6.45, 7) is 4.44. The van der Waals surface area contributed by atoms with Gasteiger partial charge in [-0.1, -0.05) is 6.92 Å². The standard InChI is InChI=1S/C14H17FN3O7P/c1-4-7(2)25-26(23,24)8(3)17-12-5-9(15)11(18(21)22)6-10(12)16-13(19)14(17)20/h5-8H,4H2,1-3H3,(H,16,19)(H,23,24). The lowest BCUT2D eigenvalue weighted by molar-refractivity contribution is -0.387. The molecule has 1 aromatic carbocycles. The van der Waals surface area contributed by atoms with E-state index in [-0.39, 0.29) is 11.0 Å². The van der Waals surface area contributed by atoms with Crippen molar-refractivity contribution >= 4 is 24.3 Å².